The number of nitrogens with zero attached hydrogens (tertiary/aromatic N) is 1. The van der Waals surface area contributed by atoms with E-state index in [0.717, 1.165) is 0 Å². The Kier molecular flexibility index (Phi) is 3.85. The van der Waals surface area contributed by atoms with E-state index in [1.807, 2.05) is 13.8 Å². The van der Waals surface area contributed by atoms with Gasteiger partial charge in [-0.15, -0.1) is 0 Å². The zero-order valence-electron chi connectivity index (χ0n) is 12.5. The molecule has 1 aromatic carbocycles. The number of amides is 2. The molecule has 5 nitrogen and oxygen atoms in total. The molecule has 1 saturated heterocycles. The first-order chi connectivity index (χ1) is 9.86. The summed E-state index contributed by atoms with van der Waals surface area (Å²) in [7, 11) is 0. The number of benzene rings is 1. The van der Waals surface area contributed by atoms with Crippen molar-refractivity contribution in [3.8, 4) is 0 Å². The molecule has 0 aromatic heterocycles. The number of carbonyl (C=O) groups excluding carboxylic acids is 2. The van der Waals surface area contributed by atoms with Crippen LogP contribution in [0.15, 0.2) is 18.2 Å². The van der Waals surface area contributed by atoms with Crippen LogP contribution in [-0.2, 0) is 9.59 Å². The van der Waals surface area contributed by atoms with Crippen LogP contribution in [0, 0.1) is 12.3 Å². The highest BCUT2D eigenvalue weighted by Crippen LogP contribution is 2.41. The van der Waals surface area contributed by atoms with Crippen LogP contribution < -0.4 is 4.90 Å². The molecule has 1 aromatic rings. The van der Waals surface area contributed by atoms with Crippen molar-refractivity contribution in [3.05, 3.63) is 29.3 Å². The number of carboxylic acid groups (broad SMARTS) is 1. The van der Waals surface area contributed by atoms with Gasteiger partial charge in [0.1, 0.15) is 0 Å². The van der Waals surface area contributed by atoms with Crippen molar-refractivity contribution in [2.45, 2.75) is 40.0 Å². The molecule has 0 atom stereocenters. The molecule has 1 N–H and O–H groups in total. The monoisotopic (exact) mass is 289 g/mol. The third kappa shape index (κ3) is 2.33. The van der Waals surface area contributed by atoms with Gasteiger partial charge in [0.2, 0.25) is 11.8 Å². The number of hydrogen-bond donors (Lipinski definition) is 1. The Morgan fingerprint density at radius 2 is 1.90 bits per heavy atom. The average molecular weight is 289 g/mol. The molecule has 1 aliphatic heterocycles. The first-order valence-corrected chi connectivity index (χ1v) is 7.07. The van der Waals surface area contributed by atoms with E-state index >= 15 is 0 Å². The maximum absolute atomic E-state index is 12.6. The standard InChI is InChI=1S/C16H19NO4/c1-4-16(5-2)9-13(18)17(15(16)21)11-6-7-12(14(19)20)10(3)8-11/h6-8H,4-5,9H2,1-3H3,(H,19,20). The lowest BCUT2D eigenvalue weighted by Gasteiger charge is -2.23. The van der Waals surface area contributed by atoms with E-state index in [4.69, 9.17) is 5.11 Å². The highest BCUT2D eigenvalue weighted by molar-refractivity contribution is 6.22. The minimum absolute atomic E-state index is 0.176. The third-order valence-corrected chi connectivity index (χ3v) is 4.45. The molecule has 1 aliphatic rings. The molecule has 2 amide bonds. The lowest BCUT2D eigenvalue weighted by molar-refractivity contribution is -0.126. The van der Waals surface area contributed by atoms with Crippen molar-refractivity contribution >= 4 is 23.5 Å². The lowest BCUT2D eigenvalue weighted by Crippen LogP contribution is -2.35. The van der Waals surface area contributed by atoms with Crippen molar-refractivity contribution in [1.82, 2.24) is 0 Å². The lowest BCUT2D eigenvalue weighted by atomic mass is 9.81. The minimum atomic E-state index is -1.02. The molecule has 2 rings (SSSR count). The average Bonchev–Trinajstić information content (AvgIpc) is 2.69. The van der Waals surface area contributed by atoms with Crippen molar-refractivity contribution in [2.24, 2.45) is 5.41 Å². The summed E-state index contributed by atoms with van der Waals surface area (Å²) in [5.41, 5.74) is 0.550. The van der Waals surface area contributed by atoms with Gasteiger partial charge in [-0.25, -0.2) is 4.79 Å². The SMILES string of the molecule is CCC1(CC)CC(=O)N(c2ccc(C(=O)O)c(C)c2)C1=O. The minimum Gasteiger partial charge on any atom is -0.478 e. The second kappa shape index (κ2) is 5.31. The molecule has 0 radical (unpaired) electrons. The van der Waals surface area contributed by atoms with E-state index in [-0.39, 0.29) is 23.8 Å². The van der Waals surface area contributed by atoms with Crippen LogP contribution in [0.2, 0.25) is 0 Å². The topological polar surface area (TPSA) is 74.7 Å². The number of carboxylic acids is 1. The molecule has 0 unspecified atom stereocenters. The Bertz CT molecular complexity index is 617. The van der Waals surface area contributed by atoms with Gasteiger partial charge in [-0.2, -0.15) is 0 Å². The molecule has 0 bridgehead atoms. The molecule has 0 spiro atoms. The number of anilines is 1. The summed E-state index contributed by atoms with van der Waals surface area (Å²) in [5.74, 6) is -1.42. The zero-order valence-corrected chi connectivity index (χ0v) is 12.5. The number of aromatic carboxylic acids is 1. The maximum atomic E-state index is 12.6. The molecule has 0 aliphatic carbocycles. The van der Waals surface area contributed by atoms with Gasteiger partial charge in [-0.1, -0.05) is 13.8 Å². The normalized spacial score (nSPS) is 17.4. The summed E-state index contributed by atoms with van der Waals surface area (Å²) in [6.45, 7) is 5.48. The second-order valence-corrected chi connectivity index (χ2v) is 5.50. The third-order valence-electron chi connectivity index (χ3n) is 4.45. The van der Waals surface area contributed by atoms with E-state index < -0.39 is 11.4 Å². The van der Waals surface area contributed by atoms with Crippen molar-refractivity contribution in [3.63, 3.8) is 0 Å². The molecule has 112 valence electrons. The van der Waals surface area contributed by atoms with Crippen LogP contribution in [0.25, 0.3) is 0 Å². The summed E-state index contributed by atoms with van der Waals surface area (Å²) in [5, 5.41) is 9.04. The molecule has 0 saturated carbocycles. The van der Waals surface area contributed by atoms with Gasteiger partial charge in [0, 0.05) is 6.42 Å². The first-order valence-electron chi connectivity index (χ1n) is 7.07. The van der Waals surface area contributed by atoms with E-state index in [1.54, 1.807) is 13.0 Å². The second-order valence-electron chi connectivity index (χ2n) is 5.50. The Labute approximate surface area is 123 Å². The van der Waals surface area contributed by atoms with Crippen LogP contribution in [-0.4, -0.2) is 22.9 Å². The van der Waals surface area contributed by atoms with Gasteiger partial charge in [0.05, 0.1) is 16.7 Å². The summed E-state index contributed by atoms with van der Waals surface area (Å²) in [6, 6.07) is 4.54. The Hall–Kier alpha value is -2.17. The first kappa shape index (κ1) is 15.2. The number of rotatable bonds is 4. The Morgan fingerprint density at radius 1 is 1.29 bits per heavy atom. The molecule has 21 heavy (non-hydrogen) atoms. The summed E-state index contributed by atoms with van der Waals surface area (Å²) in [4.78, 5) is 37.1. The molecule has 5 heteroatoms. The van der Waals surface area contributed by atoms with E-state index in [9.17, 15) is 14.4 Å². The fourth-order valence-electron chi connectivity index (χ4n) is 2.89. The van der Waals surface area contributed by atoms with Crippen LogP contribution in [0.3, 0.4) is 0 Å². The van der Waals surface area contributed by atoms with Crippen LogP contribution >= 0.6 is 0 Å². The zero-order chi connectivity index (χ0) is 15.8. The van der Waals surface area contributed by atoms with Crippen molar-refractivity contribution in [2.75, 3.05) is 4.90 Å². The largest absolute Gasteiger partial charge is 0.478 e. The predicted octanol–water partition coefficient (Wildman–Crippen LogP) is 2.76. The van der Waals surface area contributed by atoms with Gasteiger partial charge < -0.3 is 5.11 Å². The molecule has 1 fully saturated rings. The smallest absolute Gasteiger partial charge is 0.335 e. The van der Waals surface area contributed by atoms with Crippen LogP contribution in [0.1, 0.15) is 49.0 Å². The van der Waals surface area contributed by atoms with Gasteiger partial charge in [0.25, 0.3) is 0 Å². The number of hydrogen-bond acceptors (Lipinski definition) is 3. The number of imide groups is 1. The van der Waals surface area contributed by atoms with Crippen molar-refractivity contribution < 1.29 is 19.5 Å². The quantitative estimate of drug-likeness (QED) is 0.865. The van der Waals surface area contributed by atoms with Gasteiger partial charge in [0.15, 0.2) is 0 Å². The fourth-order valence-corrected chi connectivity index (χ4v) is 2.89. The summed E-state index contributed by atoms with van der Waals surface area (Å²) >= 11 is 0. The summed E-state index contributed by atoms with van der Waals surface area (Å²) in [6.07, 6.45) is 1.46. The highest BCUT2D eigenvalue weighted by Gasteiger charge is 2.49. The molecular formula is C16H19NO4. The fraction of sp³-hybridized carbons (Fsp3) is 0.438. The van der Waals surface area contributed by atoms with E-state index in [0.29, 0.717) is 24.1 Å². The van der Waals surface area contributed by atoms with Crippen LogP contribution in [0.5, 0.6) is 0 Å². The number of aryl methyl sites for hydroxylation is 1. The molecular weight excluding hydrogens is 270 g/mol. The van der Waals surface area contributed by atoms with Gasteiger partial charge in [-0.05, 0) is 43.5 Å². The van der Waals surface area contributed by atoms with Crippen molar-refractivity contribution in [1.29, 1.82) is 0 Å². The Balaban J connectivity index is 2.43. The van der Waals surface area contributed by atoms with Crippen LogP contribution in [0.4, 0.5) is 5.69 Å². The highest BCUT2D eigenvalue weighted by atomic mass is 16.4. The van der Waals surface area contributed by atoms with Gasteiger partial charge in [-0.3, -0.25) is 14.5 Å². The molecule has 1 heterocycles. The van der Waals surface area contributed by atoms with E-state index in [2.05, 4.69) is 0 Å². The van der Waals surface area contributed by atoms with E-state index in [1.165, 1.54) is 17.0 Å². The summed E-state index contributed by atoms with van der Waals surface area (Å²) < 4.78 is 0. The predicted molar refractivity (Wildman–Crippen MR) is 78.3 cm³/mol. The Morgan fingerprint density at radius 3 is 2.33 bits per heavy atom. The van der Waals surface area contributed by atoms with Gasteiger partial charge >= 0.3 is 5.97 Å². The number of carbonyl (C=O) groups is 3. The maximum Gasteiger partial charge on any atom is 0.335 e.